The number of sulfonamides is 1. The molecule has 0 saturated carbocycles. The Morgan fingerprint density at radius 3 is 2.52 bits per heavy atom. The summed E-state index contributed by atoms with van der Waals surface area (Å²) in [6, 6.07) is 14.0. The normalized spacial score (nSPS) is 18.7. The fourth-order valence-corrected chi connectivity index (χ4v) is 6.21. The number of halogens is 1. The average molecular weight is 425 g/mol. The number of benzene rings is 2. The van der Waals surface area contributed by atoms with Gasteiger partial charge in [0.15, 0.2) is 0 Å². The largest absolute Gasteiger partial charge is 0.326 e. The van der Waals surface area contributed by atoms with Crippen LogP contribution in [-0.2, 0) is 14.8 Å². The molecule has 1 aliphatic rings. The van der Waals surface area contributed by atoms with E-state index in [1.165, 1.54) is 23.4 Å². The molecule has 27 heavy (non-hydrogen) atoms. The van der Waals surface area contributed by atoms with Gasteiger partial charge in [0, 0.05) is 41.7 Å². The van der Waals surface area contributed by atoms with Gasteiger partial charge in [-0.15, -0.1) is 0 Å². The first-order chi connectivity index (χ1) is 12.9. The molecular formula is C19H21ClN2O3S2. The molecule has 2 aromatic rings. The molecule has 1 saturated heterocycles. The number of nitrogens with zero attached hydrogens (tertiary/aromatic N) is 1. The quantitative estimate of drug-likeness (QED) is 0.799. The number of rotatable bonds is 4. The number of nitrogens with one attached hydrogen (secondary N) is 1. The molecule has 1 aliphatic heterocycles. The van der Waals surface area contributed by atoms with E-state index >= 15 is 0 Å². The maximum atomic E-state index is 13.0. The summed E-state index contributed by atoms with van der Waals surface area (Å²) < 4.78 is 27.5. The van der Waals surface area contributed by atoms with Crippen LogP contribution >= 0.6 is 23.4 Å². The summed E-state index contributed by atoms with van der Waals surface area (Å²) in [5.74, 6) is 0.514. The monoisotopic (exact) mass is 424 g/mol. The molecule has 0 spiro atoms. The van der Waals surface area contributed by atoms with Crippen molar-refractivity contribution in [3.8, 4) is 0 Å². The van der Waals surface area contributed by atoms with E-state index in [4.69, 9.17) is 11.6 Å². The summed E-state index contributed by atoms with van der Waals surface area (Å²) in [6.07, 6.45) is 0.706. The van der Waals surface area contributed by atoms with Crippen molar-refractivity contribution in [1.82, 2.24) is 4.31 Å². The maximum absolute atomic E-state index is 13.0. The van der Waals surface area contributed by atoms with E-state index in [1.54, 1.807) is 23.9 Å². The molecule has 0 aromatic heterocycles. The smallest absolute Gasteiger partial charge is 0.243 e. The molecule has 2 aromatic carbocycles. The highest BCUT2D eigenvalue weighted by Gasteiger charge is 2.28. The lowest BCUT2D eigenvalue weighted by Gasteiger charge is -2.20. The summed E-state index contributed by atoms with van der Waals surface area (Å²) in [6.45, 7) is 2.31. The molecule has 0 radical (unpaired) electrons. The number of anilines is 1. The Bertz CT molecular complexity index is 917. The molecule has 8 heteroatoms. The number of thioether (sulfide) groups is 1. The van der Waals surface area contributed by atoms with Crippen LogP contribution in [0.2, 0.25) is 5.02 Å². The first-order valence-corrected chi connectivity index (χ1v) is 11.5. The molecule has 1 amide bonds. The van der Waals surface area contributed by atoms with Gasteiger partial charge < -0.3 is 5.32 Å². The predicted molar refractivity (Wildman–Crippen MR) is 111 cm³/mol. The molecule has 0 bridgehead atoms. The second kappa shape index (κ2) is 8.65. The lowest BCUT2D eigenvalue weighted by Crippen LogP contribution is -2.33. The summed E-state index contributed by atoms with van der Waals surface area (Å²) in [5.41, 5.74) is 1.63. The van der Waals surface area contributed by atoms with Crippen LogP contribution in [0.3, 0.4) is 0 Å². The van der Waals surface area contributed by atoms with Crippen molar-refractivity contribution in [2.24, 2.45) is 0 Å². The summed E-state index contributed by atoms with van der Waals surface area (Å²) >= 11 is 8.05. The molecule has 1 fully saturated rings. The van der Waals surface area contributed by atoms with Gasteiger partial charge >= 0.3 is 0 Å². The molecule has 1 atom stereocenters. The van der Waals surface area contributed by atoms with Crippen molar-refractivity contribution in [2.45, 2.75) is 23.5 Å². The van der Waals surface area contributed by atoms with Gasteiger partial charge in [-0.05, 0) is 42.3 Å². The standard InChI is InChI=1S/C19H21ClN2O3S2/c1-14(23)21-15-6-8-16(9-7-15)27(24,25)22-11-10-19(26-13-12-22)17-4-2-3-5-18(17)20/h2-9,19H,10-13H2,1H3,(H,21,23). The minimum atomic E-state index is -3.57. The van der Waals surface area contributed by atoms with Crippen LogP contribution in [-0.4, -0.2) is 37.5 Å². The Hall–Kier alpha value is -1.54. The lowest BCUT2D eigenvalue weighted by atomic mass is 10.1. The number of amides is 1. The van der Waals surface area contributed by atoms with Gasteiger partial charge in [-0.25, -0.2) is 8.42 Å². The molecule has 1 heterocycles. The third-order valence-electron chi connectivity index (χ3n) is 4.36. The highest BCUT2D eigenvalue weighted by Crippen LogP contribution is 2.38. The topological polar surface area (TPSA) is 66.5 Å². The number of carbonyl (C=O) groups is 1. The zero-order valence-electron chi connectivity index (χ0n) is 14.9. The number of hydrogen-bond donors (Lipinski definition) is 1. The Kier molecular flexibility index (Phi) is 6.47. The number of hydrogen-bond acceptors (Lipinski definition) is 4. The maximum Gasteiger partial charge on any atom is 0.243 e. The summed E-state index contributed by atoms with van der Waals surface area (Å²) in [7, 11) is -3.57. The van der Waals surface area contributed by atoms with Crippen LogP contribution in [0.4, 0.5) is 5.69 Å². The summed E-state index contributed by atoms with van der Waals surface area (Å²) in [5, 5.41) is 3.54. The van der Waals surface area contributed by atoms with Gasteiger partial charge in [0.25, 0.3) is 0 Å². The van der Waals surface area contributed by atoms with Crippen molar-refractivity contribution >= 4 is 45.0 Å². The third kappa shape index (κ3) is 4.85. The van der Waals surface area contributed by atoms with E-state index in [2.05, 4.69) is 5.32 Å². The minimum Gasteiger partial charge on any atom is -0.326 e. The Morgan fingerprint density at radius 2 is 1.85 bits per heavy atom. The van der Waals surface area contributed by atoms with Crippen molar-refractivity contribution < 1.29 is 13.2 Å². The van der Waals surface area contributed by atoms with Crippen molar-refractivity contribution in [1.29, 1.82) is 0 Å². The van der Waals surface area contributed by atoms with Crippen molar-refractivity contribution in [3.63, 3.8) is 0 Å². The fourth-order valence-electron chi connectivity index (χ4n) is 3.04. The van der Waals surface area contributed by atoms with E-state index in [1.807, 2.05) is 24.3 Å². The fraction of sp³-hybridized carbons (Fsp3) is 0.316. The van der Waals surface area contributed by atoms with E-state index < -0.39 is 10.0 Å². The van der Waals surface area contributed by atoms with E-state index in [0.717, 1.165) is 10.6 Å². The zero-order valence-corrected chi connectivity index (χ0v) is 17.3. The molecule has 1 N–H and O–H groups in total. The molecule has 0 aliphatic carbocycles. The molecule has 5 nitrogen and oxygen atoms in total. The SMILES string of the molecule is CC(=O)Nc1ccc(S(=O)(=O)N2CCSC(c3ccccc3Cl)CC2)cc1. The average Bonchev–Trinajstić information content (AvgIpc) is 2.89. The van der Waals surface area contributed by atoms with Gasteiger partial charge in [0.1, 0.15) is 0 Å². The van der Waals surface area contributed by atoms with Crippen molar-refractivity contribution in [2.75, 3.05) is 24.2 Å². The van der Waals surface area contributed by atoms with Crippen LogP contribution in [0.15, 0.2) is 53.4 Å². The van der Waals surface area contributed by atoms with Crippen molar-refractivity contribution in [3.05, 3.63) is 59.1 Å². The van der Waals surface area contributed by atoms with Gasteiger partial charge in [0.2, 0.25) is 15.9 Å². The van der Waals surface area contributed by atoms with Crippen LogP contribution < -0.4 is 5.32 Å². The minimum absolute atomic E-state index is 0.182. The molecule has 3 rings (SSSR count). The second-order valence-electron chi connectivity index (χ2n) is 6.28. The van der Waals surface area contributed by atoms with Gasteiger partial charge in [-0.1, -0.05) is 29.8 Å². The van der Waals surface area contributed by atoms with Gasteiger partial charge in [0.05, 0.1) is 4.90 Å². The van der Waals surface area contributed by atoms with Crippen LogP contribution in [0.5, 0.6) is 0 Å². The zero-order chi connectivity index (χ0) is 19.4. The third-order valence-corrected chi connectivity index (χ3v) is 7.93. The van der Waals surface area contributed by atoms with E-state index in [0.29, 0.717) is 31.0 Å². The van der Waals surface area contributed by atoms with Crippen LogP contribution in [0.1, 0.15) is 24.2 Å². The van der Waals surface area contributed by atoms with Crippen LogP contribution in [0.25, 0.3) is 0 Å². The summed E-state index contributed by atoms with van der Waals surface area (Å²) in [4.78, 5) is 11.3. The first-order valence-electron chi connectivity index (χ1n) is 8.62. The lowest BCUT2D eigenvalue weighted by molar-refractivity contribution is -0.114. The first kappa shape index (κ1) is 20.2. The van der Waals surface area contributed by atoms with E-state index in [-0.39, 0.29) is 16.1 Å². The second-order valence-corrected chi connectivity index (χ2v) is 9.94. The Morgan fingerprint density at radius 1 is 1.15 bits per heavy atom. The Labute approximate surface area is 169 Å². The highest BCUT2D eigenvalue weighted by molar-refractivity contribution is 7.99. The molecule has 1 unspecified atom stereocenters. The highest BCUT2D eigenvalue weighted by atomic mass is 35.5. The van der Waals surface area contributed by atoms with Gasteiger partial charge in [-0.2, -0.15) is 16.1 Å². The number of carbonyl (C=O) groups excluding carboxylic acids is 1. The molecule has 144 valence electrons. The van der Waals surface area contributed by atoms with Gasteiger partial charge in [-0.3, -0.25) is 4.79 Å². The Balaban J connectivity index is 1.74. The van der Waals surface area contributed by atoms with E-state index in [9.17, 15) is 13.2 Å². The molecular weight excluding hydrogens is 404 g/mol. The van der Waals surface area contributed by atoms with Crippen LogP contribution in [0, 0.1) is 0 Å². The predicted octanol–water partition coefficient (Wildman–Crippen LogP) is 4.17.